The van der Waals surface area contributed by atoms with Gasteiger partial charge in [-0.05, 0) is 26.1 Å². The van der Waals surface area contributed by atoms with Gasteiger partial charge in [0.1, 0.15) is 0 Å². The maximum Gasteiger partial charge on any atom is 0.186 e. The highest BCUT2D eigenvalue weighted by molar-refractivity contribution is 6.82. The monoisotopic (exact) mass is 230 g/mol. The van der Waals surface area contributed by atoms with Crippen molar-refractivity contribution in [3.05, 3.63) is 12.3 Å². The van der Waals surface area contributed by atoms with Crippen LogP contribution in [0, 0.1) is 0 Å². The fourth-order valence-electron chi connectivity index (χ4n) is 1.53. The molecule has 0 fully saturated rings. The van der Waals surface area contributed by atoms with E-state index in [1.54, 1.807) is 0 Å². The van der Waals surface area contributed by atoms with Gasteiger partial charge in [-0.25, -0.2) is 0 Å². The Bertz CT molecular complexity index is 176. The summed E-state index contributed by atoms with van der Waals surface area (Å²) in [6, 6.07) is 2.66. The molecule has 0 aliphatic heterocycles. The molecule has 0 unspecified atom stereocenters. The van der Waals surface area contributed by atoms with Crippen molar-refractivity contribution >= 4 is 16.4 Å². The molecule has 0 amide bonds. The lowest BCUT2D eigenvalue weighted by Crippen LogP contribution is -2.31. The first-order valence-corrected chi connectivity index (χ1v) is 12.0. The van der Waals surface area contributed by atoms with Crippen LogP contribution in [0.1, 0.15) is 13.3 Å². The number of hydrogen-bond acceptors (Lipinski definition) is 1. The van der Waals surface area contributed by atoms with E-state index in [0.717, 1.165) is 6.61 Å². The van der Waals surface area contributed by atoms with Crippen LogP contribution in [0.3, 0.4) is 0 Å². The maximum atomic E-state index is 5.81. The van der Waals surface area contributed by atoms with E-state index >= 15 is 0 Å². The third-order valence-corrected chi connectivity index (χ3v) is 8.06. The predicted octanol–water partition coefficient (Wildman–Crippen LogP) is 4.05. The standard InChI is InChI=1S/C11H26OSi2/c1-7-12-14(5,6)11-9-10-13(3,4)8-2/h8H,2,7,9-11H2,1,3-6H3. The van der Waals surface area contributed by atoms with Gasteiger partial charge in [0.25, 0.3) is 0 Å². The molecule has 0 saturated heterocycles. The van der Waals surface area contributed by atoms with Crippen molar-refractivity contribution in [2.24, 2.45) is 0 Å². The Kier molecular flexibility index (Phi) is 5.94. The first-order chi connectivity index (χ1) is 6.33. The summed E-state index contributed by atoms with van der Waals surface area (Å²) < 4.78 is 5.81. The van der Waals surface area contributed by atoms with Gasteiger partial charge in [0, 0.05) is 6.61 Å². The van der Waals surface area contributed by atoms with Crippen molar-refractivity contribution in [1.82, 2.24) is 0 Å². The molecule has 0 rings (SSSR count). The Morgan fingerprint density at radius 2 is 1.71 bits per heavy atom. The van der Waals surface area contributed by atoms with E-state index in [0.29, 0.717) is 0 Å². The summed E-state index contributed by atoms with van der Waals surface area (Å²) >= 11 is 0. The minimum absolute atomic E-state index is 0.876. The van der Waals surface area contributed by atoms with Crippen molar-refractivity contribution in [2.75, 3.05) is 6.61 Å². The Morgan fingerprint density at radius 3 is 2.14 bits per heavy atom. The van der Waals surface area contributed by atoms with Crippen molar-refractivity contribution in [3.63, 3.8) is 0 Å². The largest absolute Gasteiger partial charge is 0.418 e. The molecule has 0 atom stereocenters. The molecular weight excluding hydrogens is 204 g/mol. The van der Waals surface area contributed by atoms with Crippen LogP contribution in [0.4, 0.5) is 0 Å². The van der Waals surface area contributed by atoms with Crippen LogP contribution < -0.4 is 0 Å². The lowest BCUT2D eigenvalue weighted by Gasteiger charge is -2.24. The van der Waals surface area contributed by atoms with Gasteiger partial charge in [0.15, 0.2) is 8.32 Å². The van der Waals surface area contributed by atoms with Crippen molar-refractivity contribution in [2.45, 2.75) is 51.6 Å². The fourth-order valence-corrected chi connectivity index (χ4v) is 5.13. The lowest BCUT2D eigenvalue weighted by atomic mass is 10.6. The topological polar surface area (TPSA) is 9.23 Å². The van der Waals surface area contributed by atoms with Gasteiger partial charge in [-0.2, -0.15) is 0 Å². The summed E-state index contributed by atoms with van der Waals surface area (Å²) in [7, 11) is -2.40. The van der Waals surface area contributed by atoms with E-state index in [-0.39, 0.29) is 0 Å². The van der Waals surface area contributed by atoms with E-state index in [9.17, 15) is 0 Å². The smallest absolute Gasteiger partial charge is 0.186 e. The van der Waals surface area contributed by atoms with Gasteiger partial charge in [0.05, 0.1) is 8.07 Å². The van der Waals surface area contributed by atoms with Crippen LogP contribution in [0.2, 0.25) is 38.3 Å². The quantitative estimate of drug-likeness (QED) is 0.600. The average Bonchev–Trinajstić information content (AvgIpc) is 2.03. The van der Waals surface area contributed by atoms with Crippen LogP contribution in [-0.4, -0.2) is 23.0 Å². The Balaban J connectivity index is 3.78. The Morgan fingerprint density at radius 1 is 1.14 bits per heavy atom. The van der Waals surface area contributed by atoms with Gasteiger partial charge in [-0.3, -0.25) is 0 Å². The second-order valence-electron chi connectivity index (χ2n) is 5.24. The van der Waals surface area contributed by atoms with Crippen LogP contribution >= 0.6 is 0 Å². The summed E-state index contributed by atoms with van der Waals surface area (Å²) in [4.78, 5) is 0. The molecule has 0 aromatic carbocycles. The Labute approximate surface area is 91.7 Å². The summed E-state index contributed by atoms with van der Waals surface area (Å²) in [6.07, 6.45) is 1.32. The Hall–Kier alpha value is 0.134. The minimum Gasteiger partial charge on any atom is -0.418 e. The molecule has 0 N–H and O–H groups in total. The first-order valence-electron chi connectivity index (χ1n) is 5.60. The summed E-state index contributed by atoms with van der Waals surface area (Å²) in [5.41, 5.74) is 2.20. The second-order valence-corrected chi connectivity index (χ2v) is 14.4. The molecule has 1 nitrogen and oxygen atoms in total. The van der Waals surface area contributed by atoms with Crippen LogP contribution in [0.25, 0.3) is 0 Å². The lowest BCUT2D eigenvalue weighted by molar-refractivity contribution is 0.328. The molecular formula is C11H26OSi2. The van der Waals surface area contributed by atoms with Crippen LogP contribution in [-0.2, 0) is 4.43 Å². The zero-order valence-corrected chi connectivity index (χ0v) is 12.5. The van der Waals surface area contributed by atoms with Gasteiger partial charge in [-0.1, -0.05) is 25.6 Å². The van der Waals surface area contributed by atoms with Crippen molar-refractivity contribution in [3.8, 4) is 0 Å². The minimum atomic E-state index is -1.33. The molecule has 3 heteroatoms. The molecule has 0 radical (unpaired) electrons. The number of hydrogen-bond donors (Lipinski definition) is 0. The molecule has 0 aliphatic rings. The van der Waals surface area contributed by atoms with Crippen molar-refractivity contribution < 1.29 is 4.43 Å². The molecule has 0 aromatic heterocycles. The third-order valence-electron chi connectivity index (χ3n) is 2.69. The highest BCUT2D eigenvalue weighted by atomic mass is 28.4. The molecule has 0 spiro atoms. The third kappa shape index (κ3) is 6.57. The molecule has 84 valence electrons. The highest BCUT2D eigenvalue weighted by Crippen LogP contribution is 2.20. The highest BCUT2D eigenvalue weighted by Gasteiger charge is 2.23. The fraction of sp³-hybridized carbons (Fsp3) is 0.818. The summed E-state index contributed by atoms with van der Waals surface area (Å²) in [5, 5.41) is 0. The van der Waals surface area contributed by atoms with Gasteiger partial charge < -0.3 is 4.43 Å². The predicted molar refractivity (Wildman–Crippen MR) is 71.0 cm³/mol. The van der Waals surface area contributed by atoms with E-state index in [1.165, 1.54) is 18.5 Å². The first kappa shape index (κ1) is 14.1. The molecule has 0 aromatic rings. The molecule has 0 aliphatic carbocycles. The van der Waals surface area contributed by atoms with Crippen LogP contribution in [0.5, 0.6) is 0 Å². The summed E-state index contributed by atoms with van der Waals surface area (Å²) in [6.45, 7) is 16.3. The van der Waals surface area contributed by atoms with E-state index < -0.39 is 16.4 Å². The second kappa shape index (κ2) is 5.88. The summed E-state index contributed by atoms with van der Waals surface area (Å²) in [5.74, 6) is 0. The molecule has 14 heavy (non-hydrogen) atoms. The normalized spacial score (nSPS) is 12.9. The molecule has 0 heterocycles. The molecule has 0 saturated carbocycles. The van der Waals surface area contributed by atoms with Gasteiger partial charge in [0.2, 0.25) is 0 Å². The van der Waals surface area contributed by atoms with E-state index in [2.05, 4.69) is 45.4 Å². The van der Waals surface area contributed by atoms with Crippen LogP contribution in [0.15, 0.2) is 12.3 Å². The SMILES string of the molecule is C=C[Si](C)(C)CCC[Si](C)(C)OCC. The van der Waals surface area contributed by atoms with E-state index in [1.807, 2.05) is 0 Å². The maximum absolute atomic E-state index is 5.81. The zero-order valence-electron chi connectivity index (χ0n) is 10.5. The zero-order chi connectivity index (χ0) is 11.2. The average molecular weight is 230 g/mol. The van der Waals surface area contributed by atoms with E-state index in [4.69, 9.17) is 4.43 Å². The van der Waals surface area contributed by atoms with Crippen molar-refractivity contribution in [1.29, 1.82) is 0 Å². The number of rotatable bonds is 7. The van der Waals surface area contributed by atoms with Gasteiger partial charge in [-0.15, -0.1) is 12.3 Å². The molecule has 0 bridgehead atoms. The van der Waals surface area contributed by atoms with Gasteiger partial charge >= 0.3 is 0 Å².